The number of hydrogen-bond donors (Lipinski definition) is 0. The van der Waals surface area contributed by atoms with Gasteiger partial charge in [-0.15, -0.1) is 0 Å². The van der Waals surface area contributed by atoms with E-state index in [1.165, 1.54) is 11.4 Å². The van der Waals surface area contributed by atoms with E-state index in [-0.39, 0.29) is 4.90 Å². The van der Waals surface area contributed by atoms with Crippen LogP contribution >= 0.6 is 0 Å². The monoisotopic (exact) mass is 340 g/mol. The highest BCUT2D eigenvalue weighted by atomic mass is 32.2. The predicted octanol–water partition coefficient (Wildman–Crippen LogP) is 2.59. The van der Waals surface area contributed by atoms with Gasteiger partial charge >= 0.3 is 0 Å². The molecule has 0 spiro atoms. The van der Waals surface area contributed by atoms with Crippen molar-refractivity contribution in [3.8, 4) is 0 Å². The highest BCUT2D eigenvalue weighted by Gasteiger charge is 2.32. The van der Waals surface area contributed by atoms with Crippen molar-refractivity contribution in [1.29, 1.82) is 0 Å². The molecule has 0 radical (unpaired) electrons. The third-order valence-corrected chi connectivity index (χ3v) is 5.79. The smallest absolute Gasteiger partial charge is 0.267 e. The Kier molecular flexibility index (Phi) is 4.57. The van der Waals surface area contributed by atoms with E-state index in [0.29, 0.717) is 41.0 Å². The molecule has 7 nitrogen and oxygen atoms in total. The van der Waals surface area contributed by atoms with Crippen molar-refractivity contribution in [2.45, 2.75) is 53.0 Å². The molecule has 0 fully saturated rings. The third kappa shape index (κ3) is 2.99. The lowest BCUT2D eigenvalue weighted by molar-refractivity contribution is 0.393. The van der Waals surface area contributed by atoms with E-state index in [9.17, 15) is 8.42 Å². The van der Waals surface area contributed by atoms with Crippen molar-refractivity contribution >= 4 is 15.7 Å². The van der Waals surface area contributed by atoms with Crippen LogP contribution in [0.1, 0.15) is 36.7 Å². The van der Waals surface area contributed by atoms with Crippen molar-refractivity contribution < 1.29 is 12.9 Å². The van der Waals surface area contributed by atoms with Crippen LogP contribution in [0.2, 0.25) is 0 Å². The highest BCUT2D eigenvalue weighted by molar-refractivity contribution is 7.92. The van der Waals surface area contributed by atoms with Crippen molar-refractivity contribution in [3.05, 3.63) is 22.8 Å². The Hall–Kier alpha value is -1.83. The van der Waals surface area contributed by atoms with Crippen LogP contribution in [0.5, 0.6) is 0 Å². The molecule has 2 rings (SSSR count). The van der Waals surface area contributed by atoms with Gasteiger partial charge in [-0.2, -0.15) is 5.10 Å². The second-order valence-corrected chi connectivity index (χ2v) is 8.13. The van der Waals surface area contributed by atoms with Crippen LogP contribution in [0, 0.1) is 33.6 Å². The first-order chi connectivity index (χ1) is 10.6. The lowest BCUT2D eigenvalue weighted by atomic mass is 10.2. The summed E-state index contributed by atoms with van der Waals surface area (Å²) in [5.41, 5.74) is 2.16. The van der Waals surface area contributed by atoms with Crippen LogP contribution in [0.25, 0.3) is 0 Å². The van der Waals surface area contributed by atoms with Gasteiger partial charge in [0.25, 0.3) is 10.0 Å². The van der Waals surface area contributed by atoms with E-state index >= 15 is 0 Å². The zero-order chi connectivity index (χ0) is 17.5. The van der Waals surface area contributed by atoms with Gasteiger partial charge in [0.1, 0.15) is 16.3 Å². The summed E-state index contributed by atoms with van der Waals surface area (Å²) in [5, 5.41) is 8.23. The second-order valence-electron chi connectivity index (χ2n) is 6.22. The molecule has 2 aromatic heterocycles. The minimum atomic E-state index is -3.73. The molecule has 0 amide bonds. The largest absolute Gasteiger partial charge is 0.359 e. The van der Waals surface area contributed by atoms with Gasteiger partial charge < -0.3 is 4.52 Å². The number of aromatic nitrogens is 3. The Bertz CT molecular complexity index is 799. The molecule has 0 aliphatic heterocycles. The molecule has 0 unspecified atom stereocenters. The number of hydrogen-bond acceptors (Lipinski definition) is 5. The van der Waals surface area contributed by atoms with Crippen LogP contribution in [0.3, 0.4) is 0 Å². The average molecular weight is 340 g/mol. The average Bonchev–Trinajstić information content (AvgIpc) is 2.89. The first-order valence-electron chi connectivity index (χ1n) is 7.53. The molecule has 0 aliphatic rings. The zero-order valence-electron chi connectivity index (χ0n) is 14.7. The Morgan fingerprint density at radius 2 is 1.78 bits per heavy atom. The van der Waals surface area contributed by atoms with E-state index < -0.39 is 10.0 Å². The van der Waals surface area contributed by atoms with E-state index in [1.807, 2.05) is 0 Å². The number of aryl methyl sites for hydroxylation is 3. The first-order valence-corrected chi connectivity index (χ1v) is 8.97. The Labute approximate surface area is 137 Å². The lowest BCUT2D eigenvalue weighted by Gasteiger charge is -2.19. The van der Waals surface area contributed by atoms with Gasteiger partial charge in [0, 0.05) is 13.6 Å². The summed E-state index contributed by atoms with van der Waals surface area (Å²) in [6, 6.07) is 0. The van der Waals surface area contributed by atoms with Gasteiger partial charge in [-0.05, 0) is 33.6 Å². The fourth-order valence-corrected chi connectivity index (χ4v) is 4.43. The molecule has 0 atom stereocenters. The molecule has 8 heteroatoms. The molecule has 0 saturated carbocycles. The normalized spacial score (nSPS) is 12.2. The van der Waals surface area contributed by atoms with E-state index in [0.717, 1.165) is 0 Å². The molecule has 0 bridgehead atoms. The van der Waals surface area contributed by atoms with Gasteiger partial charge in [0.15, 0.2) is 5.76 Å². The summed E-state index contributed by atoms with van der Waals surface area (Å²) in [6.45, 7) is 11.7. The topological polar surface area (TPSA) is 81.2 Å². The highest BCUT2D eigenvalue weighted by Crippen LogP contribution is 2.31. The number of rotatable bonds is 5. The van der Waals surface area contributed by atoms with E-state index in [2.05, 4.69) is 24.1 Å². The van der Waals surface area contributed by atoms with Crippen LogP contribution in [-0.4, -0.2) is 30.4 Å². The standard InChI is InChI=1S/C15H24N4O3S/c1-9(2)8-19-12(5)15(11(4)16-19)23(20,21)18(7)14-10(3)17-22-13(14)6/h9H,8H2,1-7H3. The molecular weight excluding hydrogens is 316 g/mol. The van der Waals surface area contributed by atoms with Crippen molar-refractivity contribution in [3.63, 3.8) is 0 Å². The van der Waals surface area contributed by atoms with Crippen LogP contribution in [0.15, 0.2) is 9.42 Å². The minimum absolute atomic E-state index is 0.251. The second kappa shape index (κ2) is 5.99. The quantitative estimate of drug-likeness (QED) is 0.835. The molecule has 0 N–H and O–H groups in total. The SMILES string of the molecule is Cc1noc(C)c1N(C)S(=O)(=O)c1c(C)nn(CC(C)C)c1C. The first kappa shape index (κ1) is 17.5. The fourth-order valence-electron chi connectivity index (χ4n) is 2.76. The molecule has 2 aromatic rings. The van der Waals surface area contributed by atoms with Crippen molar-refractivity contribution in [1.82, 2.24) is 14.9 Å². The maximum absolute atomic E-state index is 13.1. The molecule has 128 valence electrons. The van der Waals surface area contributed by atoms with Gasteiger partial charge in [-0.1, -0.05) is 19.0 Å². The summed E-state index contributed by atoms with van der Waals surface area (Å²) in [7, 11) is -2.22. The minimum Gasteiger partial charge on any atom is -0.359 e. The summed E-state index contributed by atoms with van der Waals surface area (Å²) >= 11 is 0. The third-order valence-electron chi connectivity index (χ3n) is 3.78. The van der Waals surface area contributed by atoms with Crippen molar-refractivity contribution in [2.75, 3.05) is 11.4 Å². The summed E-state index contributed by atoms with van der Waals surface area (Å²) < 4.78 is 34.2. The number of sulfonamides is 1. The van der Waals surface area contributed by atoms with Crippen LogP contribution in [-0.2, 0) is 16.6 Å². The lowest BCUT2D eigenvalue weighted by Crippen LogP contribution is -2.28. The molecule has 0 aromatic carbocycles. The van der Waals surface area contributed by atoms with Crippen LogP contribution < -0.4 is 4.31 Å². The maximum Gasteiger partial charge on any atom is 0.267 e. The Balaban J connectivity index is 2.54. The summed E-state index contributed by atoms with van der Waals surface area (Å²) in [5.74, 6) is 0.849. The van der Waals surface area contributed by atoms with Gasteiger partial charge in [-0.3, -0.25) is 8.99 Å². The molecule has 2 heterocycles. The molecular formula is C15H24N4O3S. The number of anilines is 1. The Morgan fingerprint density at radius 3 is 2.26 bits per heavy atom. The van der Waals surface area contributed by atoms with Gasteiger partial charge in [0.05, 0.1) is 11.4 Å². The zero-order valence-corrected chi connectivity index (χ0v) is 15.5. The van der Waals surface area contributed by atoms with Gasteiger partial charge in [0.2, 0.25) is 0 Å². The van der Waals surface area contributed by atoms with E-state index in [1.54, 1.807) is 32.4 Å². The fraction of sp³-hybridized carbons (Fsp3) is 0.600. The summed E-state index contributed by atoms with van der Waals surface area (Å²) in [6.07, 6.45) is 0. The molecule has 23 heavy (non-hydrogen) atoms. The predicted molar refractivity (Wildman–Crippen MR) is 88.1 cm³/mol. The van der Waals surface area contributed by atoms with E-state index in [4.69, 9.17) is 4.52 Å². The number of nitrogens with zero attached hydrogens (tertiary/aromatic N) is 4. The molecule has 0 saturated heterocycles. The Morgan fingerprint density at radius 1 is 1.17 bits per heavy atom. The maximum atomic E-state index is 13.1. The van der Waals surface area contributed by atoms with Crippen LogP contribution in [0.4, 0.5) is 5.69 Å². The summed E-state index contributed by atoms with van der Waals surface area (Å²) in [4.78, 5) is 0.251. The van der Waals surface area contributed by atoms with Crippen molar-refractivity contribution in [2.24, 2.45) is 5.92 Å². The van der Waals surface area contributed by atoms with Gasteiger partial charge in [-0.25, -0.2) is 8.42 Å². The molecule has 0 aliphatic carbocycles.